The minimum atomic E-state index is 0.968. The Morgan fingerprint density at radius 3 is 2.75 bits per heavy atom. The van der Waals surface area contributed by atoms with Gasteiger partial charge in [0.05, 0.1) is 5.69 Å². The highest BCUT2D eigenvalue weighted by Gasteiger charge is 1.99. The van der Waals surface area contributed by atoms with Gasteiger partial charge in [-0.05, 0) is 52.9 Å². The van der Waals surface area contributed by atoms with Crippen LogP contribution in [0.2, 0.25) is 0 Å². The molecule has 0 radical (unpaired) electrons. The van der Waals surface area contributed by atoms with Crippen molar-refractivity contribution in [1.29, 1.82) is 0 Å². The van der Waals surface area contributed by atoms with Crippen LogP contribution >= 0.6 is 0 Å². The Hall–Kier alpha value is -1.38. The van der Waals surface area contributed by atoms with Crippen LogP contribution in [0.1, 0.15) is 65.5 Å². The van der Waals surface area contributed by atoms with Crippen molar-refractivity contribution < 1.29 is 0 Å². The molecule has 0 spiro atoms. The van der Waals surface area contributed by atoms with E-state index in [1.54, 1.807) is 0 Å². The van der Waals surface area contributed by atoms with E-state index in [2.05, 4.69) is 56.4 Å². The van der Waals surface area contributed by atoms with Crippen molar-refractivity contribution in [3.63, 3.8) is 0 Å². The van der Waals surface area contributed by atoms with Crippen LogP contribution < -0.4 is 0 Å². The third kappa shape index (κ3) is 6.69. The third-order valence-electron chi connectivity index (χ3n) is 3.57. The molecule has 1 heterocycles. The fraction of sp³-hybridized carbons (Fsp3) is 0.647. The van der Waals surface area contributed by atoms with E-state index in [1.165, 1.54) is 17.6 Å². The van der Waals surface area contributed by atoms with Gasteiger partial charge in [0.1, 0.15) is 0 Å². The van der Waals surface area contributed by atoms with E-state index in [0.717, 1.165) is 44.3 Å². The number of hydrogen-bond donors (Lipinski definition) is 0. The molecular weight excluding hydrogens is 246 g/mol. The molecule has 1 rings (SSSR count). The Morgan fingerprint density at radius 1 is 1.25 bits per heavy atom. The average Bonchev–Trinajstić information content (AvgIpc) is 2.86. The van der Waals surface area contributed by atoms with Crippen molar-refractivity contribution in [2.45, 2.75) is 72.8 Å². The lowest BCUT2D eigenvalue weighted by Gasteiger charge is -2.02. The second-order valence-corrected chi connectivity index (χ2v) is 5.55. The van der Waals surface area contributed by atoms with Crippen LogP contribution in [-0.4, -0.2) is 15.0 Å². The number of rotatable bonds is 9. The molecule has 0 aliphatic rings. The molecule has 0 unspecified atom stereocenters. The summed E-state index contributed by atoms with van der Waals surface area (Å²) in [5.74, 6) is 0. The highest BCUT2D eigenvalue weighted by molar-refractivity contribution is 5.02. The standard InChI is InChI=1S/C17H29N3/c1-5-9-17-14-20(19-18-17)13-8-12-16(4)11-7-10-15(3)6-2/h6,11,14H,5,7-10,12-13H2,1-4H3/b15-6+,16-11+. The third-order valence-corrected chi connectivity index (χ3v) is 3.57. The van der Waals surface area contributed by atoms with Crippen LogP contribution in [0.3, 0.4) is 0 Å². The summed E-state index contributed by atoms with van der Waals surface area (Å²) < 4.78 is 1.97. The quantitative estimate of drug-likeness (QED) is 0.611. The second-order valence-electron chi connectivity index (χ2n) is 5.55. The number of hydrogen-bond acceptors (Lipinski definition) is 2. The molecule has 3 nitrogen and oxygen atoms in total. The highest BCUT2D eigenvalue weighted by Crippen LogP contribution is 2.10. The zero-order valence-corrected chi connectivity index (χ0v) is 13.5. The van der Waals surface area contributed by atoms with Gasteiger partial charge in [0.15, 0.2) is 0 Å². The summed E-state index contributed by atoms with van der Waals surface area (Å²) in [6, 6.07) is 0. The largest absolute Gasteiger partial charge is 0.252 e. The van der Waals surface area contributed by atoms with Crippen molar-refractivity contribution in [2.24, 2.45) is 0 Å². The molecule has 0 bridgehead atoms. The molecular formula is C17H29N3. The van der Waals surface area contributed by atoms with Gasteiger partial charge < -0.3 is 0 Å². The summed E-state index contributed by atoms with van der Waals surface area (Å²) in [5.41, 5.74) is 4.07. The van der Waals surface area contributed by atoms with Crippen molar-refractivity contribution in [3.8, 4) is 0 Å². The SMILES string of the molecule is C/C=C(\C)CC/C=C(\C)CCCn1cc(CCC)nn1. The minimum Gasteiger partial charge on any atom is -0.252 e. The Morgan fingerprint density at radius 2 is 2.05 bits per heavy atom. The monoisotopic (exact) mass is 275 g/mol. The molecule has 20 heavy (non-hydrogen) atoms. The molecule has 112 valence electrons. The van der Waals surface area contributed by atoms with E-state index in [1.807, 2.05) is 4.68 Å². The normalized spacial score (nSPS) is 13.0. The van der Waals surface area contributed by atoms with Crippen LogP contribution in [0.25, 0.3) is 0 Å². The Balaban J connectivity index is 2.23. The van der Waals surface area contributed by atoms with Gasteiger partial charge in [0.25, 0.3) is 0 Å². The Kier molecular flexibility index (Phi) is 7.93. The Bertz CT molecular complexity index is 441. The molecule has 1 aromatic rings. The fourth-order valence-corrected chi connectivity index (χ4v) is 2.13. The van der Waals surface area contributed by atoms with E-state index in [4.69, 9.17) is 0 Å². The number of aryl methyl sites for hydroxylation is 2. The van der Waals surface area contributed by atoms with E-state index in [0.29, 0.717) is 0 Å². The van der Waals surface area contributed by atoms with Gasteiger partial charge in [-0.2, -0.15) is 0 Å². The van der Waals surface area contributed by atoms with Crippen LogP contribution in [0.5, 0.6) is 0 Å². The summed E-state index contributed by atoms with van der Waals surface area (Å²) in [5, 5.41) is 8.34. The van der Waals surface area contributed by atoms with Gasteiger partial charge >= 0.3 is 0 Å². The number of allylic oxidation sites excluding steroid dienone is 4. The first-order valence-electron chi connectivity index (χ1n) is 7.82. The van der Waals surface area contributed by atoms with E-state index in [-0.39, 0.29) is 0 Å². The molecule has 0 aliphatic carbocycles. The number of nitrogens with zero attached hydrogens (tertiary/aromatic N) is 3. The first-order valence-corrected chi connectivity index (χ1v) is 7.82. The average molecular weight is 275 g/mol. The van der Waals surface area contributed by atoms with Gasteiger partial charge in [-0.15, -0.1) is 5.10 Å². The van der Waals surface area contributed by atoms with Crippen LogP contribution in [0.15, 0.2) is 29.5 Å². The van der Waals surface area contributed by atoms with Gasteiger partial charge in [0.2, 0.25) is 0 Å². The maximum atomic E-state index is 4.17. The topological polar surface area (TPSA) is 30.7 Å². The lowest BCUT2D eigenvalue weighted by Crippen LogP contribution is -1.99. The predicted molar refractivity (Wildman–Crippen MR) is 85.7 cm³/mol. The number of aromatic nitrogens is 3. The van der Waals surface area contributed by atoms with Crippen molar-refractivity contribution >= 4 is 0 Å². The lowest BCUT2D eigenvalue weighted by atomic mass is 10.1. The maximum Gasteiger partial charge on any atom is 0.0827 e. The van der Waals surface area contributed by atoms with Crippen LogP contribution in [-0.2, 0) is 13.0 Å². The fourth-order valence-electron chi connectivity index (χ4n) is 2.13. The molecule has 0 aliphatic heterocycles. The van der Waals surface area contributed by atoms with E-state index >= 15 is 0 Å². The van der Waals surface area contributed by atoms with Crippen LogP contribution in [0.4, 0.5) is 0 Å². The molecule has 1 aromatic heterocycles. The van der Waals surface area contributed by atoms with E-state index < -0.39 is 0 Å². The summed E-state index contributed by atoms with van der Waals surface area (Å²) in [6.45, 7) is 9.67. The van der Waals surface area contributed by atoms with Crippen molar-refractivity contribution in [1.82, 2.24) is 15.0 Å². The smallest absolute Gasteiger partial charge is 0.0827 e. The van der Waals surface area contributed by atoms with Crippen molar-refractivity contribution in [3.05, 3.63) is 35.2 Å². The molecule has 3 heteroatoms. The molecule has 0 amide bonds. The summed E-state index contributed by atoms with van der Waals surface area (Å²) >= 11 is 0. The minimum absolute atomic E-state index is 0.968. The molecule has 0 fully saturated rings. The second kappa shape index (κ2) is 9.51. The summed E-state index contributed by atoms with van der Waals surface area (Å²) in [6.07, 6.45) is 13.4. The van der Waals surface area contributed by atoms with Crippen molar-refractivity contribution in [2.75, 3.05) is 0 Å². The molecule has 0 atom stereocenters. The van der Waals surface area contributed by atoms with Crippen LogP contribution in [0, 0.1) is 0 Å². The van der Waals surface area contributed by atoms with Gasteiger partial charge in [-0.25, -0.2) is 0 Å². The van der Waals surface area contributed by atoms with Gasteiger partial charge in [-0.1, -0.05) is 41.9 Å². The first-order chi connectivity index (χ1) is 9.65. The zero-order chi connectivity index (χ0) is 14.8. The lowest BCUT2D eigenvalue weighted by molar-refractivity contribution is 0.557. The van der Waals surface area contributed by atoms with E-state index in [9.17, 15) is 0 Å². The predicted octanol–water partition coefficient (Wildman–Crippen LogP) is 4.70. The molecule has 0 aromatic carbocycles. The molecule has 0 N–H and O–H groups in total. The molecule has 0 saturated heterocycles. The first kappa shape index (κ1) is 16.7. The summed E-state index contributed by atoms with van der Waals surface area (Å²) in [4.78, 5) is 0. The van der Waals surface area contributed by atoms with Gasteiger partial charge in [0, 0.05) is 12.7 Å². The molecule has 0 saturated carbocycles. The Labute approximate surface area is 123 Å². The highest BCUT2D eigenvalue weighted by atomic mass is 15.4. The zero-order valence-electron chi connectivity index (χ0n) is 13.5. The van der Waals surface area contributed by atoms with Gasteiger partial charge in [-0.3, -0.25) is 4.68 Å². The maximum absolute atomic E-state index is 4.17. The summed E-state index contributed by atoms with van der Waals surface area (Å²) in [7, 11) is 0.